The van der Waals surface area contributed by atoms with Gasteiger partial charge in [-0.15, -0.1) is 0 Å². The zero-order chi connectivity index (χ0) is 24.7. The number of ether oxygens (including phenoxy) is 3. The Morgan fingerprint density at radius 3 is 2.24 bits per heavy atom. The van der Waals surface area contributed by atoms with Gasteiger partial charge in [-0.2, -0.15) is 17.6 Å². The fourth-order valence-corrected chi connectivity index (χ4v) is 3.74. The van der Waals surface area contributed by atoms with Crippen LogP contribution in [0, 0.1) is 0 Å². The number of alkyl halides is 4. The van der Waals surface area contributed by atoms with Gasteiger partial charge in [0.25, 0.3) is 0 Å². The van der Waals surface area contributed by atoms with Crippen LogP contribution in [0.25, 0.3) is 0 Å². The van der Waals surface area contributed by atoms with Crippen molar-refractivity contribution in [2.75, 3.05) is 6.61 Å². The largest absolute Gasteiger partial charge is 0.465 e. The maximum absolute atomic E-state index is 13.1. The quantitative estimate of drug-likeness (QED) is 0.180. The molecule has 1 aromatic carbocycles. The lowest BCUT2D eigenvalue weighted by Gasteiger charge is -2.27. The van der Waals surface area contributed by atoms with Gasteiger partial charge in [-0.05, 0) is 63.8 Å². The molecular formula is C23H19BrF4N2O4. The molecule has 0 saturated carbocycles. The SMILES string of the molecule is CCOC(=O)C(c1cccnc1)C(c1ccc(Br)nc1)c1ccc(OC(F)F)c(OC(F)F)c1. The number of rotatable bonds is 10. The molecule has 0 fully saturated rings. The Labute approximate surface area is 201 Å². The van der Waals surface area contributed by atoms with E-state index in [1.807, 2.05) is 0 Å². The van der Waals surface area contributed by atoms with Crippen LogP contribution < -0.4 is 9.47 Å². The van der Waals surface area contributed by atoms with E-state index in [-0.39, 0.29) is 6.61 Å². The van der Waals surface area contributed by atoms with E-state index in [1.165, 1.54) is 24.7 Å². The van der Waals surface area contributed by atoms with Gasteiger partial charge < -0.3 is 14.2 Å². The number of carbonyl (C=O) groups is 1. The summed E-state index contributed by atoms with van der Waals surface area (Å²) in [5.41, 5.74) is 1.34. The second-order valence-corrected chi connectivity index (χ2v) is 7.68. The Hall–Kier alpha value is -3.21. The number of benzene rings is 1. The molecule has 3 aromatic rings. The molecule has 0 aliphatic carbocycles. The van der Waals surface area contributed by atoms with Crippen molar-refractivity contribution in [1.29, 1.82) is 0 Å². The van der Waals surface area contributed by atoms with Gasteiger partial charge in [0.05, 0.1) is 12.5 Å². The monoisotopic (exact) mass is 542 g/mol. The number of hydrogen-bond donors (Lipinski definition) is 0. The third-order valence-electron chi connectivity index (χ3n) is 4.79. The molecule has 2 aromatic heterocycles. The topological polar surface area (TPSA) is 70.5 Å². The summed E-state index contributed by atoms with van der Waals surface area (Å²) in [5.74, 6) is -3.53. The molecule has 0 aliphatic rings. The van der Waals surface area contributed by atoms with Crippen LogP contribution in [0.2, 0.25) is 0 Å². The molecule has 0 aliphatic heterocycles. The second kappa shape index (κ2) is 11.8. The van der Waals surface area contributed by atoms with Crippen LogP contribution in [-0.2, 0) is 9.53 Å². The summed E-state index contributed by atoms with van der Waals surface area (Å²) in [6.07, 6.45) is 4.53. The zero-order valence-corrected chi connectivity index (χ0v) is 19.3. The Balaban J connectivity index is 2.21. The smallest absolute Gasteiger partial charge is 0.387 e. The molecule has 3 rings (SSSR count). The minimum Gasteiger partial charge on any atom is -0.465 e. The van der Waals surface area contributed by atoms with Crippen molar-refractivity contribution in [3.63, 3.8) is 0 Å². The summed E-state index contributed by atoms with van der Waals surface area (Å²) in [6.45, 7) is -4.79. The lowest BCUT2D eigenvalue weighted by Crippen LogP contribution is -2.24. The molecule has 0 N–H and O–H groups in total. The number of halogens is 5. The summed E-state index contributed by atoms with van der Waals surface area (Å²) in [4.78, 5) is 21.4. The van der Waals surface area contributed by atoms with Crippen molar-refractivity contribution in [3.05, 3.63) is 82.3 Å². The molecule has 0 spiro atoms. The lowest BCUT2D eigenvalue weighted by atomic mass is 9.78. The molecule has 180 valence electrons. The van der Waals surface area contributed by atoms with E-state index in [4.69, 9.17) is 4.74 Å². The number of aromatic nitrogens is 2. The first kappa shape index (κ1) is 25.4. The van der Waals surface area contributed by atoms with Crippen molar-refractivity contribution in [2.24, 2.45) is 0 Å². The molecule has 2 heterocycles. The molecule has 2 unspecified atom stereocenters. The Bertz CT molecular complexity index is 1090. The van der Waals surface area contributed by atoms with Crippen LogP contribution in [0.4, 0.5) is 17.6 Å². The highest BCUT2D eigenvalue weighted by molar-refractivity contribution is 9.10. The standard InChI is InChI=1S/C23H19BrF4N2O4/c1-2-32-21(31)20(14-4-3-9-29-11-14)19(15-6-8-18(24)30-12-15)13-5-7-16(33-22(25)26)17(10-13)34-23(27)28/h3-12,19-20,22-23H,2H2,1H3. The Kier molecular flexibility index (Phi) is 8.80. The third kappa shape index (κ3) is 6.43. The number of hydrogen-bond acceptors (Lipinski definition) is 6. The fraction of sp³-hybridized carbons (Fsp3) is 0.261. The highest BCUT2D eigenvalue weighted by atomic mass is 79.9. The molecule has 0 saturated heterocycles. The molecule has 2 atom stereocenters. The van der Waals surface area contributed by atoms with Crippen LogP contribution in [0.3, 0.4) is 0 Å². The van der Waals surface area contributed by atoms with Crippen LogP contribution >= 0.6 is 15.9 Å². The van der Waals surface area contributed by atoms with Gasteiger partial charge in [0.1, 0.15) is 4.60 Å². The second-order valence-electron chi connectivity index (χ2n) is 6.87. The number of carbonyl (C=O) groups excluding carboxylic acids is 1. The van der Waals surface area contributed by atoms with Crippen LogP contribution in [-0.4, -0.2) is 35.8 Å². The molecule has 0 amide bonds. The van der Waals surface area contributed by atoms with Gasteiger partial charge in [0.2, 0.25) is 0 Å². The van der Waals surface area contributed by atoms with Gasteiger partial charge in [-0.3, -0.25) is 9.78 Å². The average molecular weight is 543 g/mol. The lowest BCUT2D eigenvalue weighted by molar-refractivity contribution is -0.145. The van der Waals surface area contributed by atoms with Crippen LogP contribution in [0.15, 0.2) is 65.7 Å². The number of nitrogens with zero attached hydrogens (tertiary/aromatic N) is 2. The molecule has 0 bridgehead atoms. The Morgan fingerprint density at radius 1 is 0.941 bits per heavy atom. The normalized spacial score (nSPS) is 12.9. The minimum absolute atomic E-state index is 0.0990. The summed E-state index contributed by atoms with van der Waals surface area (Å²) >= 11 is 3.25. The van der Waals surface area contributed by atoms with E-state index in [2.05, 4.69) is 35.4 Å². The van der Waals surface area contributed by atoms with Crippen molar-refractivity contribution in [1.82, 2.24) is 9.97 Å². The van der Waals surface area contributed by atoms with Crippen molar-refractivity contribution in [3.8, 4) is 11.5 Å². The van der Waals surface area contributed by atoms with E-state index in [0.717, 1.165) is 12.1 Å². The predicted molar refractivity (Wildman–Crippen MR) is 117 cm³/mol. The predicted octanol–water partition coefficient (Wildman–Crippen LogP) is 5.92. The van der Waals surface area contributed by atoms with E-state index in [9.17, 15) is 22.4 Å². The summed E-state index contributed by atoms with van der Waals surface area (Å²) in [6, 6.07) is 10.3. The zero-order valence-electron chi connectivity index (χ0n) is 17.7. The third-order valence-corrected chi connectivity index (χ3v) is 5.25. The number of esters is 1. The first-order valence-corrected chi connectivity index (χ1v) is 10.8. The molecular weight excluding hydrogens is 524 g/mol. The molecule has 0 radical (unpaired) electrons. The first-order chi connectivity index (χ1) is 16.3. The van der Waals surface area contributed by atoms with E-state index in [0.29, 0.717) is 21.3 Å². The minimum atomic E-state index is -3.29. The Morgan fingerprint density at radius 2 is 1.65 bits per heavy atom. The number of pyridine rings is 2. The van der Waals surface area contributed by atoms with Crippen molar-refractivity contribution >= 4 is 21.9 Å². The highest BCUT2D eigenvalue weighted by Crippen LogP contribution is 2.42. The summed E-state index contributed by atoms with van der Waals surface area (Å²) in [5, 5.41) is 0. The van der Waals surface area contributed by atoms with Gasteiger partial charge in [-0.1, -0.05) is 18.2 Å². The van der Waals surface area contributed by atoms with Crippen LogP contribution in [0.1, 0.15) is 35.4 Å². The van der Waals surface area contributed by atoms with Crippen molar-refractivity contribution < 1.29 is 36.6 Å². The van der Waals surface area contributed by atoms with Crippen LogP contribution in [0.5, 0.6) is 11.5 Å². The van der Waals surface area contributed by atoms with Gasteiger partial charge in [-0.25, -0.2) is 4.98 Å². The fourth-order valence-electron chi connectivity index (χ4n) is 3.50. The summed E-state index contributed by atoms with van der Waals surface area (Å²) in [7, 11) is 0. The van der Waals surface area contributed by atoms with Gasteiger partial charge >= 0.3 is 19.2 Å². The van der Waals surface area contributed by atoms with E-state index in [1.54, 1.807) is 31.2 Å². The average Bonchev–Trinajstić information content (AvgIpc) is 2.79. The first-order valence-electron chi connectivity index (χ1n) is 10.0. The van der Waals surface area contributed by atoms with Crippen molar-refractivity contribution in [2.45, 2.75) is 32.0 Å². The van der Waals surface area contributed by atoms with Gasteiger partial charge in [0, 0.05) is 24.5 Å². The molecule has 11 heteroatoms. The summed E-state index contributed by atoms with van der Waals surface area (Å²) < 4.78 is 66.2. The van der Waals surface area contributed by atoms with Gasteiger partial charge in [0.15, 0.2) is 11.5 Å². The molecule has 6 nitrogen and oxygen atoms in total. The van der Waals surface area contributed by atoms with E-state index < -0.39 is 42.5 Å². The maximum atomic E-state index is 13.1. The highest BCUT2D eigenvalue weighted by Gasteiger charge is 2.35. The van der Waals surface area contributed by atoms with E-state index >= 15 is 0 Å². The maximum Gasteiger partial charge on any atom is 0.387 e. The molecule has 34 heavy (non-hydrogen) atoms.